The number of fused-ring (bicyclic) bond motifs is 4. The highest BCUT2D eigenvalue weighted by atomic mass is 16.5. The van der Waals surface area contributed by atoms with Crippen molar-refractivity contribution in [1.29, 1.82) is 0 Å². The molecule has 3 N–H and O–H groups in total. The topological polar surface area (TPSA) is 130 Å². The van der Waals surface area contributed by atoms with Crippen LogP contribution in [0.5, 0.6) is 0 Å². The second-order valence-electron chi connectivity index (χ2n) is 11.1. The number of hydrogen-bond donors (Lipinski definition) is 3. The summed E-state index contributed by atoms with van der Waals surface area (Å²) in [6.07, 6.45) is 6.64. The van der Waals surface area contributed by atoms with Crippen LogP contribution in [0, 0.1) is 11.8 Å². The van der Waals surface area contributed by atoms with E-state index in [4.69, 9.17) is 4.74 Å². The molecule has 2 aromatic rings. The van der Waals surface area contributed by atoms with Gasteiger partial charge in [-0.25, -0.2) is 5.43 Å². The van der Waals surface area contributed by atoms with E-state index in [1.807, 2.05) is 57.2 Å². The average molecular weight is 550 g/mol. The molecule has 40 heavy (non-hydrogen) atoms. The fraction of sp³-hybridized carbons (Fsp3) is 0.500. The molecule has 10 heteroatoms. The number of rotatable bonds is 1. The molecule has 2 aliphatic rings. The quantitative estimate of drug-likeness (QED) is 0.466. The zero-order valence-electron chi connectivity index (χ0n) is 23.8. The third-order valence-corrected chi connectivity index (χ3v) is 7.47. The Morgan fingerprint density at radius 1 is 1.00 bits per heavy atom. The summed E-state index contributed by atoms with van der Waals surface area (Å²) >= 11 is 0. The monoisotopic (exact) mass is 549 g/mol. The Morgan fingerprint density at radius 3 is 2.52 bits per heavy atom. The van der Waals surface area contributed by atoms with Gasteiger partial charge >= 0.3 is 5.97 Å². The lowest BCUT2D eigenvalue weighted by molar-refractivity contribution is -0.157. The first-order chi connectivity index (χ1) is 19.0. The molecular weight excluding hydrogens is 510 g/mol. The summed E-state index contributed by atoms with van der Waals surface area (Å²) in [6.45, 7) is 9.30. The molecule has 2 unspecified atom stereocenters. The number of hydrazine groups is 1. The zero-order valence-corrected chi connectivity index (χ0v) is 23.8. The van der Waals surface area contributed by atoms with Crippen molar-refractivity contribution in [3.63, 3.8) is 0 Å². The third kappa shape index (κ3) is 6.85. The van der Waals surface area contributed by atoms with Gasteiger partial charge in [-0.15, -0.1) is 0 Å². The summed E-state index contributed by atoms with van der Waals surface area (Å²) in [5.74, 6) is -2.07. The van der Waals surface area contributed by atoms with Crippen LogP contribution in [-0.2, 0) is 23.9 Å². The molecule has 5 atom stereocenters. The predicted molar refractivity (Wildman–Crippen MR) is 151 cm³/mol. The van der Waals surface area contributed by atoms with E-state index in [0.717, 1.165) is 22.0 Å². The Balaban J connectivity index is 1.63. The molecule has 0 radical (unpaired) electrons. The third-order valence-electron chi connectivity index (χ3n) is 7.47. The molecule has 10 nitrogen and oxygen atoms in total. The fourth-order valence-corrected chi connectivity index (χ4v) is 4.89. The first-order valence-corrected chi connectivity index (χ1v) is 14.0. The number of esters is 1. The zero-order chi connectivity index (χ0) is 29.0. The van der Waals surface area contributed by atoms with Crippen molar-refractivity contribution >= 4 is 40.5 Å². The Morgan fingerprint density at radius 2 is 1.77 bits per heavy atom. The summed E-state index contributed by atoms with van der Waals surface area (Å²) in [5.41, 5.74) is 4.57. The van der Waals surface area contributed by atoms with Gasteiger partial charge in [0.15, 0.2) is 0 Å². The van der Waals surface area contributed by atoms with Crippen LogP contribution in [0.2, 0.25) is 0 Å². The lowest BCUT2D eigenvalue weighted by Crippen LogP contribution is -2.61. The molecule has 3 heterocycles. The van der Waals surface area contributed by atoms with Crippen LogP contribution in [0.15, 0.2) is 36.5 Å². The van der Waals surface area contributed by atoms with Gasteiger partial charge in [0.2, 0.25) is 11.8 Å². The minimum absolute atomic E-state index is 0.194. The van der Waals surface area contributed by atoms with E-state index in [1.165, 1.54) is 5.01 Å². The Bertz CT molecular complexity index is 1310. The largest absolute Gasteiger partial charge is 0.457 e. The fourth-order valence-electron chi connectivity index (χ4n) is 4.89. The smallest absolute Gasteiger partial charge is 0.325 e. The minimum atomic E-state index is -0.863. The van der Waals surface area contributed by atoms with Crippen LogP contribution in [-0.4, -0.2) is 58.4 Å². The van der Waals surface area contributed by atoms with Gasteiger partial charge in [0.25, 0.3) is 5.91 Å². The summed E-state index contributed by atoms with van der Waals surface area (Å²) < 4.78 is 5.80. The van der Waals surface area contributed by atoms with E-state index in [2.05, 4.69) is 21.0 Å². The van der Waals surface area contributed by atoms with Crippen LogP contribution in [0.4, 0.5) is 0 Å². The molecular formula is C30H39N5O5. The van der Waals surface area contributed by atoms with Crippen LogP contribution >= 0.6 is 0 Å². The van der Waals surface area contributed by atoms with E-state index >= 15 is 0 Å². The minimum Gasteiger partial charge on any atom is -0.457 e. The molecule has 0 spiro atoms. The maximum absolute atomic E-state index is 13.2. The van der Waals surface area contributed by atoms with E-state index < -0.39 is 36.1 Å². The number of aromatic nitrogens is 1. The molecule has 4 rings (SSSR count). The highest BCUT2D eigenvalue weighted by Crippen LogP contribution is 2.24. The van der Waals surface area contributed by atoms with Crippen molar-refractivity contribution in [2.24, 2.45) is 11.8 Å². The maximum atomic E-state index is 13.2. The number of cyclic esters (lactones) is 1. The van der Waals surface area contributed by atoms with Crippen LogP contribution < -0.4 is 16.1 Å². The molecule has 1 fully saturated rings. The summed E-state index contributed by atoms with van der Waals surface area (Å²) in [5, 5.41) is 8.87. The SMILES string of the molecule is CC1NC(=O)[C@H](C(C)C)NC(=O)[C@H](C)C/C=C/c2cc3cc(ccc3cn2)[C@@H](C)OC(=O)C2CCCN(N2)C1=O. The van der Waals surface area contributed by atoms with Gasteiger partial charge in [0.1, 0.15) is 24.2 Å². The molecule has 214 valence electrons. The molecule has 1 aromatic heterocycles. The Kier molecular flexibility index (Phi) is 9.19. The van der Waals surface area contributed by atoms with Crippen molar-refractivity contribution in [3.05, 3.63) is 47.8 Å². The van der Waals surface area contributed by atoms with Gasteiger partial charge in [-0.05, 0) is 68.2 Å². The molecule has 5 bridgehead atoms. The number of nitrogens with zero attached hydrogens (tertiary/aromatic N) is 2. The van der Waals surface area contributed by atoms with Crippen molar-refractivity contribution in [3.8, 4) is 0 Å². The van der Waals surface area contributed by atoms with E-state index in [0.29, 0.717) is 25.8 Å². The molecule has 0 aliphatic carbocycles. The van der Waals surface area contributed by atoms with Crippen LogP contribution in [0.25, 0.3) is 16.8 Å². The predicted octanol–water partition coefficient (Wildman–Crippen LogP) is 3.03. The van der Waals surface area contributed by atoms with Crippen molar-refractivity contribution in [1.82, 2.24) is 26.1 Å². The number of amides is 3. The Hall–Kier alpha value is -3.79. The normalized spacial score (nSPS) is 28.1. The number of hydrogen-bond acceptors (Lipinski definition) is 7. The van der Waals surface area contributed by atoms with Gasteiger partial charge in [-0.1, -0.05) is 39.0 Å². The number of carbonyl (C=O) groups is 4. The molecule has 0 saturated carbocycles. The Labute approximate surface area is 234 Å². The van der Waals surface area contributed by atoms with E-state index in [-0.39, 0.29) is 23.7 Å². The van der Waals surface area contributed by atoms with Gasteiger partial charge in [0, 0.05) is 24.0 Å². The molecule has 2 aliphatic heterocycles. The number of allylic oxidation sites excluding steroid dienone is 1. The first kappa shape index (κ1) is 29.2. The van der Waals surface area contributed by atoms with Gasteiger partial charge in [-0.2, -0.15) is 0 Å². The standard InChI is InChI=1S/C30H39N5O5/c1-17(2)26-28(37)32-19(4)29(38)35-13-7-10-25(34-35)30(39)40-20(5)21-11-12-22-16-31-24(15-23(22)14-21)9-6-8-18(3)27(36)33-26/h6,9,11-12,14-20,25-26,34H,7-8,10,13H2,1-5H3,(H,32,37)(H,33,36)/b9-6+/t18-,19?,20-,25?,26+/m1/s1. The second-order valence-corrected chi connectivity index (χ2v) is 11.1. The first-order valence-electron chi connectivity index (χ1n) is 14.0. The number of nitrogens with one attached hydrogen (secondary N) is 3. The average Bonchev–Trinajstić information content (AvgIpc) is 2.94. The lowest BCUT2D eigenvalue weighted by atomic mass is 10.00. The van der Waals surface area contributed by atoms with Crippen molar-refractivity contribution < 1.29 is 23.9 Å². The lowest BCUT2D eigenvalue weighted by Gasteiger charge is -2.35. The van der Waals surface area contributed by atoms with Gasteiger partial charge in [-0.3, -0.25) is 29.2 Å². The second kappa shape index (κ2) is 12.6. The van der Waals surface area contributed by atoms with Crippen LogP contribution in [0.1, 0.15) is 71.2 Å². The van der Waals surface area contributed by atoms with E-state index in [1.54, 1.807) is 20.0 Å². The molecule has 1 saturated heterocycles. The van der Waals surface area contributed by atoms with Crippen molar-refractivity contribution in [2.75, 3.05) is 6.54 Å². The van der Waals surface area contributed by atoms with Crippen molar-refractivity contribution in [2.45, 2.75) is 78.1 Å². The van der Waals surface area contributed by atoms with Crippen LogP contribution in [0.3, 0.4) is 0 Å². The van der Waals surface area contributed by atoms with Gasteiger partial charge in [0.05, 0.1) is 5.69 Å². The van der Waals surface area contributed by atoms with E-state index in [9.17, 15) is 19.2 Å². The highest BCUT2D eigenvalue weighted by Gasteiger charge is 2.34. The number of ether oxygens (including phenoxy) is 1. The molecule has 3 amide bonds. The summed E-state index contributed by atoms with van der Waals surface area (Å²) in [7, 11) is 0. The highest BCUT2D eigenvalue weighted by molar-refractivity contribution is 5.92. The van der Waals surface area contributed by atoms with Gasteiger partial charge < -0.3 is 15.4 Å². The molecule has 1 aromatic carbocycles. The number of pyridine rings is 1. The maximum Gasteiger partial charge on any atom is 0.325 e. The number of carbonyl (C=O) groups excluding carboxylic acids is 4. The number of benzene rings is 1. The summed E-state index contributed by atoms with van der Waals surface area (Å²) in [6, 6.07) is 5.43. The summed E-state index contributed by atoms with van der Waals surface area (Å²) in [4.78, 5) is 56.8.